The molecule has 0 radical (unpaired) electrons. The van der Waals surface area contributed by atoms with Crippen molar-refractivity contribution in [3.63, 3.8) is 0 Å². The van der Waals surface area contributed by atoms with E-state index in [1.807, 2.05) is 0 Å². The third-order valence-electron chi connectivity index (χ3n) is 2.52. The molecule has 2 rings (SSSR count). The third kappa shape index (κ3) is 3.53. The molecule has 0 aliphatic heterocycles. The van der Waals surface area contributed by atoms with Gasteiger partial charge in [0, 0.05) is 6.54 Å². The van der Waals surface area contributed by atoms with E-state index in [0.717, 1.165) is 9.36 Å². The molecule has 0 aliphatic rings. The summed E-state index contributed by atoms with van der Waals surface area (Å²) in [5.74, 6) is -0.650. The first-order valence-corrected chi connectivity index (χ1v) is 6.27. The molecule has 0 spiro atoms. The number of nitrogens with one attached hydrogen (secondary N) is 2. The number of benzene rings is 1. The molecule has 2 aromatic rings. The maximum atomic E-state index is 12.0. The summed E-state index contributed by atoms with van der Waals surface area (Å²) >= 11 is 0. The number of aromatic nitrogens is 4. The molecular formula is C12H14N6O3. The molecule has 1 aromatic heterocycles. The molecule has 0 unspecified atom stereocenters. The van der Waals surface area contributed by atoms with Gasteiger partial charge in [0.2, 0.25) is 5.91 Å². The molecule has 9 heteroatoms. The van der Waals surface area contributed by atoms with Crippen molar-refractivity contribution in [3.05, 3.63) is 40.8 Å². The summed E-state index contributed by atoms with van der Waals surface area (Å²) in [4.78, 5) is 34.8. The van der Waals surface area contributed by atoms with Gasteiger partial charge in [-0.1, -0.05) is 18.2 Å². The molecule has 0 saturated carbocycles. The molecule has 1 aromatic carbocycles. The smallest absolute Gasteiger partial charge is 0.338 e. The fraction of sp³-hybridized carbons (Fsp3) is 0.250. The number of tetrazole rings is 1. The lowest BCUT2D eigenvalue weighted by Gasteiger charge is -2.03. The van der Waals surface area contributed by atoms with Crippen LogP contribution in [0.2, 0.25) is 0 Å². The Morgan fingerprint density at radius 1 is 1.19 bits per heavy atom. The van der Waals surface area contributed by atoms with Gasteiger partial charge in [0.05, 0.1) is 5.69 Å². The van der Waals surface area contributed by atoms with Crippen molar-refractivity contribution in [2.24, 2.45) is 0 Å². The second-order valence-electron chi connectivity index (χ2n) is 4.07. The molecule has 0 saturated heterocycles. The Morgan fingerprint density at radius 3 is 2.57 bits per heavy atom. The predicted molar refractivity (Wildman–Crippen MR) is 72.8 cm³/mol. The van der Waals surface area contributed by atoms with Gasteiger partial charge in [-0.05, 0) is 29.5 Å². The first-order valence-electron chi connectivity index (χ1n) is 6.27. The SMILES string of the molecule is CCNC(=O)NC(=O)Cn1nnn(-c2ccccc2)c1=O. The second kappa shape index (κ2) is 6.46. The van der Waals surface area contributed by atoms with Crippen molar-refractivity contribution in [2.45, 2.75) is 13.5 Å². The van der Waals surface area contributed by atoms with Gasteiger partial charge in [-0.3, -0.25) is 10.1 Å². The van der Waals surface area contributed by atoms with Crippen LogP contribution >= 0.6 is 0 Å². The fourth-order valence-corrected chi connectivity index (χ4v) is 1.61. The molecule has 1 heterocycles. The van der Waals surface area contributed by atoms with Crippen LogP contribution in [0.25, 0.3) is 5.69 Å². The minimum atomic E-state index is -0.650. The third-order valence-corrected chi connectivity index (χ3v) is 2.52. The van der Waals surface area contributed by atoms with E-state index in [1.165, 1.54) is 0 Å². The highest BCUT2D eigenvalue weighted by Gasteiger charge is 2.13. The summed E-state index contributed by atoms with van der Waals surface area (Å²) in [5, 5.41) is 11.8. The molecule has 2 N–H and O–H groups in total. The lowest BCUT2D eigenvalue weighted by Crippen LogP contribution is -2.42. The van der Waals surface area contributed by atoms with Crippen LogP contribution in [-0.4, -0.2) is 38.3 Å². The van der Waals surface area contributed by atoms with E-state index in [0.29, 0.717) is 12.2 Å². The van der Waals surface area contributed by atoms with E-state index >= 15 is 0 Å². The van der Waals surface area contributed by atoms with Gasteiger partial charge in [-0.15, -0.1) is 0 Å². The van der Waals surface area contributed by atoms with E-state index in [4.69, 9.17) is 0 Å². The second-order valence-corrected chi connectivity index (χ2v) is 4.07. The zero-order valence-electron chi connectivity index (χ0n) is 11.3. The largest absolute Gasteiger partial charge is 0.368 e. The molecule has 0 aliphatic carbocycles. The predicted octanol–water partition coefficient (Wildman–Crippen LogP) is -0.725. The van der Waals surface area contributed by atoms with Crippen LogP contribution < -0.4 is 16.3 Å². The fourth-order valence-electron chi connectivity index (χ4n) is 1.61. The molecule has 21 heavy (non-hydrogen) atoms. The standard InChI is InChI=1S/C12H14N6O3/c1-2-13-11(20)14-10(19)8-17-12(21)18(16-15-17)9-6-4-3-5-7-9/h3-7H,2,8H2,1H3,(H2,13,14,19,20). The molecular weight excluding hydrogens is 276 g/mol. The van der Waals surface area contributed by atoms with Crippen molar-refractivity contribution in [3.8, 4) is 5.69 Å². The van der Waals surface area contributed by atoms with Gasteiger partial charge in [-0.2, -0.15) is 9.36 Å². The van der Waals surface area contributed by atoms with Crippen LogP contribution in [0.4, 0.5) is 4.79 Å². The Balaban J connectivity index is 2.09. The Labute approximate surface area is 119 Å². The molecule has 0 bridgehead atoms. The van der Waals surface area contributed by atoms with Crippen molar-refractivity contribution in [1.29, 1.82) is 0 Å². The van der Waals surface area contributed by atoms with Crippen molar-refractivity contribution in [2.75, 3.05) is 6.54 Å². The van der Waals surface area contributed by atoms with Crippen LogP contribution in [0, 0.1) is 0 Å². The summed E-state index contributed by atoms with van der Waals surface area (Å²) < 4.78 is 1.95. The molecule has 0 atom stereocenters. The highest BCUT2D eigenvalue weighted by atomic mass is 16.2. The summed E-state index contributed by atoms with van der Waals surface area (Å²) in [5.41, 5.74) is -0.0230. The Hall–Kier alpha value is -2.97. The van der Waals surface area contributed by atoms with Crippen LogP contribution in [0.1, 0.15) is 6.92 Å². The number of carbonyl (C=O) groups is 2. The van der Waals surface area contributed by atoms with Crippen LogP contribution in [0.5, 0.6) is 0 Å². The maximum absolute atomic E-state index is 12.0. The van der Waals surface area contributed by atoms with E-state index < -0.39 is 17.6 Å². The van der Waals surface area contributed by atoms with Gasteiger partial charge in [-0.25, -0.2) is 9.59 Å². The van der Waals surface area contributed by atoms with Gasteiger partial charge in [0.25, 0.3) is 0 Å². The molecule has 3 amide bonds. The molecule has 0 fully saturated rings. The highest BCUT2D eigenvalue weighted by Crippen LogP contribution is 2.00. The van der Waals surface area contributed by atoms with Crippen LogP contribution in [0.3, 0.4) is 0 Å². The topological polar surface area (TPSA) is 111 Å². The van der Waals surface area contributed by atoms with Gasteiger partial charge in [0.15, 0.2) is 0 Å². The van der Waals surface area contributed by atoms with Crippen LogP contribution in [0.15, 0.2) is 35.1 Å². The lowest BCUT2D eigenvalue weighted by molar-refractivity contribution is -0.120. The average molecular weight is 290 g/mol. The summed E-state index contributed by atoms with van der Waals surface area (Å²) in [6.07, 6.45) is 0. The summed E-state index contributed by atoms with van der Waals surface area (Å²) in [7, 11) is 0. The van der Waals surface area contributed by atoms with E-state index in [2.05, 4.69) is 21.1 Å². The minimum absolute atomic E-state index is 0.386. The number of carbonyl (C=O) groups excluding carboxylic acids is 2. The van der Waals surface area contributed by atoms with E-state index in [9.17, 15) is 14.4 Å². The first kappa shape index (κ1) is 14.4. The minimum Gasteiger partial charge on any atom is -0.338 e. The average Bonchev–Trinajstić information content (AvgIpc) is 2.81. The Kier molecular flexibility index (Phi) is 4.44. The highest BCUT2D eigenvalue weighted by molar-refractivity contribution is 5.94. The number of amides is 3. The number of urea groups is 1. The van der Waals surface area contributed by atoms with Gasteiger partial charge < -0.3 is 5.32 Å². The van der Waals surface area contributed by atoms with Gasteiger partial charge >= 0.3 is 11.7 Å². The number of rotatable bonds is 4. The normalized spacial score (nSPS) is 10.1. The summed E-state index contributed by atoms with van der Waals surface area (Å²) in [6, 6.07) is 8.07. The Morgan fingerprint density at radius 2 is 1.90 bits per heavy atom. The van der Waals surface area contributed by atoms with E-state index in [-0.39, 0.29) is 6.54 Å². The maximum Gasteiger partial charge on any atom is 0.368 e. The van der Waals surface area contributed by atoms with E-state index in [1.54, 1.807) is 37.3 Å². The number of imide groups is 1. The first-order chi connectivity index (χ1) is 10.1. The zero-order chi connectivity index (χ0) is 15.2. The van der Waals surface area contributed by atoms with Gasteiger partial charge in [0.1, 0.15) is 6.54 Å². The monoisotopic (exact) mass is 290 g/mol. The quantitative estimate of drug-likeness (QED) is 0.771. The molecule has 9 nitrogen and oxygen atoms in total. The lowest BCUT2D eigenvalue weighted by atomic mass is 10.3. The Bertz CT molecular complexity index is 691. The number of para-hydroxylation sites is 1. The zero-order valence-corrected chi connectivity index (χ0v) is 11.3. The number of hydrogen-bond donors (Lipinski definition) is 2. The summed E-state index contributed by atoms with van der Waals surface area (Å²) in [6.45, 7) is 1.73. The number of hydrogen-bond acceptors (Lipinski definition) is 5. The van der Waals surface area contributed by atoms with Crippen molar-refractivity contribution >= 4 is 11.9 Å². The number of nitrogens with zero attached hydrogens (tertiary/aromatic N) is 4. The van der Waals surface area contributed by atoms with Crippen molar-refractivity contribution in [1.82, 2.24) is 30.4 Å². The van der Waals surface area contributed by atoms with Crippen LogP contribution in [-0.2, 0) is 11.3 Å². The van der Waals surface area contributed by atoms with Crippen molar-refractivity contribution < 1.29 is 9.59 Å². The molecule has 110 valence electrons.